The lowest BCUT2D eigenvalue weighted by molar-refractivity contribution is -0.117. The number of nitrogens with zero attached hydrogens (tertiary/aromatic N) is 3. The molecule has 1 aromatic heterocycles. The molecule has 6 heteroatoms. The number of amides is 1. The van der Waals surface area contributed by atoms with Crippen LogP contribution in [0, 0.1) is 6.92 Å². The number of aromatic amines is 1. The molecule has 23 heavy (non-hydrogen) atoms. The van der Waals surface area contributed by atoms with Crippen molar-refractivity contribution >= 4 is 11.6 Å². The van der Waals surface area contributed by atoms with Crippen molar-refractivity contribution in [2.75, 3.05) is 5.32 Å². The summed E-state index contributed by atoms with van der Waals surface area (Å²) in [5.41, 5.74) is 2.89. The zero-order valence-electron chi connectivity index (χ0n) is 12.7. The third-order valence-electron chi connectivity index (χ3n) is 3.56. The minimum atomic E-state index is -0.503. The van der Waals surface area contributed by atoms with E-state index in [9.17, 15) is 4.79 Å². The second kappa shape index (κ2) is 6.83. The van der Waals surface area contributed by atoms with E-state index in [0.717, 1.165) is 16.8 Å². The van der Waals surface area contributed by atoms with Gasteiger partial charge in [-0.25, -0.2) is 0 Å². The van der Waals surface area contributed by atoms with Crippen LogP contribution in [-0.2, 0) is 11.2 Å². The first-order valence-electron chi connectivity index (χ1n) is 7.37. The Morgan fingerprint density at radius 2 is 2.00 bits per heavy atom. The smallest absolute Gasteiger partial charge is 0.235 e. The third-order valence-corrected chi connectivity index (χ3v) is 3.56. The molecule has 1 heterocycles. The Morgan fingerprint density at radius 3 is 2.70 bits per heavy atom. The fourth-order valence-corrected chi connectivity index (χ4v) is 2.42. The topological polar surface area (TPSA) is 83.6 Å². The number of aryl methyl sites for hydroxylation is 1. The van der Waals surface area contributed by atoms with E-state index in [2.05, 4.69) is 25.9 Å². The van der Waals surface area contributed by atoms with Crippen molar-refractivity contribution in [1.82, 2.24) is 20.6 Å². The molecule has 0 aliphatic heterocycles. The highest BCUT2D eigenvalue weighted by atomic mass is 16.1. The third kappa shape index (κ3) is 3.79. The molecule has 116 valence electrons. The molecule has 0 aliphatic carbocycles. The van der Waals surface area contributed by atoms with Crippen LogP contribution in [0.4, 0.5) is 5.69 Å². The first kappa shape index (κ1) is 14.9. The van der Waals surface area contributed by atoms with Gasteiger partial charge < -0.3 is 5.32 Å². The van der Waals surface area contributed by atoms with Crippen LogP contribution in [0.1, 0.15) is 22.9 Å². The van der Waals surface area contributed by atoms with Crippen LogP contribution in [0.5, 0.6) is 0 Å². The van der Waals surface area contributed by atoms with Gasteiger partial charge in [-0.05, 0) is 36.6 Å². The van der Waals surface area contributed by atoms with Crippen LogP contribution in [0.25, 0.3) is 0 Å². The zero-order valence-corrected chi connectivity index (χ0v) is 12.7. The molecule has 0 bridgehead atoms. The maximum atomic E-state index is 12.7. The normalized spacial score (nSPS) is 11.9. The lowest BCUT2D eigenvalue weighted by Crippen LogP contribution is -2.24. The number of hydrogen-bond acceptors (Lipinski definition) is 4. The first-order chi connectivity index (χ1) is 11.2. The molecule has 1 unspecified atom stereocenters. The summed E-state index contributed by atoms with van der Waals surface area (Å²) in [4.78, 5) is 12.7. The fourth-order valence-electron chi connectivity index (χ4n) is 2.42. The summed E-state index contributed by atoms with van der Waals surface area (Å²) in [7, 11) is 0. The predicted octanol–water partition coefficient (Wildman–Crippen LogP) is 2.47. The SMILES string of the molecule is Cc1cccc(NC(=O)C(Cc2ccccc2)c2nn[nH]n2)c1. The van der Waals surface area contributed by atoms with Gasteiger partial charge in [0.05, 0.1) is 0 Å². The molecule has 1 atom stereocenters. The highest BCUT2D eigenvalue weighted by molar-refractivity contribution is 5.95. The zero-order chi connectivity index (χ0) is 16.1. The Morgan fingerprint density at radius 1 is 1.17 bits per heavy atom. The van der Waals surface area contributed by atoms with Gasteiger partial charge in [0.25, 0.3) is 0 Å². The average Bonchev–Trinajstić information content (AvgIpc) is 3.07. The molecule has 2 N–H and O–H groups in total. The van der Waals surface area contributed by atoms with Crippen LogP contribution in [0.2, 0.25) is 0 Å². The molecule has 0 radical (unpaired) electrons. The molecule has 2 aromatic carbocycles. The molecule has 0 spiro atoms. The minimum absolute atomic E-state index is 0.152. The maximum absolute atomic E-state index is 12.7. The predicted molar refractivity (Wildman–Crippen MR) is 86.9 cm³/mol. The molecule has 6 nitrogen and oxygen atoms in total. The summed E-state index contributed by atoms with van der Waals surface area (Å²) >= 11 is 0. The number of tetrazole rings is 1. The van der Waals surface area contributed by atoms with E-state index in [1.54, 1.807) is 0 Å². The van der Waals surface area contributed by atoms with Crippen LogP contribution in [-0.4, -0.2) is 26.5 Å². The number of anilines is 1. The van der Waals surface area contributed by atoms with E-state index in [-0.39, 0.29) is 5.91 Å². The van der Waals surface area contributed by atoms with Crippen molar-refractivity contribution in [1.29, 1.82) is 0 Å². The van der Waals surface area contributed by atoms with Crippen molar-refractivity contribution in [2.24, 2.45) is 0 Å². The highest BCUT2D eigenvalue weighted by Gasteiger charge is 2.25. The average molecular weight is 307 g/mol. The monoisotopic (exact) mass is 307 g/mol. The summed E-state index contributed by atoms with van der Waals surface area (Å²) in [5.74, 6) is -0.267. The van der Waals surface area contributed by atoms with Crippen LogP contribution >= 0.6 is 0 Å². The molecular weight excluding hydrogens is 290 g/mol. The van der Waals surface area contributed by atoms with Crippen molar-refractivity contribution in [3.05, 3.63) is 71.5 Å². The second-order valence-corrected chi connectivity index (χ2v) is 5.37. The van der Waals surface area contributed by atoms with E-state index in [1.165, 1.54) is 0 Å². The number of carbonyl (C=O) groups is 1. The van der Waals surface area contributed by atoms with Gasteiger partial charge in [-0.3, -0.25) is 4.79 Å². The van der Waals surface area contributed by atoms with Gasteiger partial charge in [-0.2, -0.15) is 5.21 Å². The molecule has 3 rings (SSSR count). The van der Waals surface area contributed by atoms with Gasteiger partial charge in [0.1, 0.15) is 5.92 Å². The van der Waals surface area contributed by atoms with Crippen LogP contribution < -0.4 is 5.32 Å². The maximum Gasteiger partial charge on any atom is 0.235 e. The molecule has 0 saturated heterocycles. The quantitative estimate of drug-likeness (QED) is 0.758. The highest BCUT2D eigenvalue weighted by Crippen LogP contribution is 2.20. The number of benzene rings is 2. The number of H-pyrrole nitrogens is 1. The van der Waals surface area contributed by atoms with Gasteiger partial charge >= 0.3 is 0 Å². The van der Waals surface area contributed by atoms with Gasteiger partial charge in [-0.15, -0.1) is 10.2 Å². The van der Waals surface area contributed by atoms with Crippen molar-refractivity contribution in [3.63, 3.8) is 0 Å². The lowest BCUT2D eigenvalue weighted by atomic mass is 9.97. The summed E-state index contributed by atoms with van der Waals surface area (Å²) < 4.78 is 0. The number of nitrogens with one attached hydrogen (secondary N) is 2. The van der Waals surface area contributed by atoms with Gasteiger partial charge in [0.15, 0.2) is 5.82 Å². The number of carbonyl (C=O) groups excluding carboxylic acids is 1. The molecule has 0 fully saturated rings. The van der Waals surface area contributed by atoms with Crippen molar-refractivity contribution in [3.8, 4) is 0 Å². The summed E-state index contributed by atoms with van der Waals surface area (Å²) in [6.07, 6.45) is 0.512. The van der Waals surface area contributed by atoms with Crippen LogP contribution in [0.3, 0.4) is 0 Å². The number of rotatable bonds is 5. The summed E-state index contributed by atoms with van der Waals surface area (Å²) in [6, 6.07) is 17.5. The lowest BCUT2D eigenvalue weighted by Gasteiger charge is -2.14. The summed E-state index contributed by atoms with van der Waals surface area (Å²) in [6.45, 7) is 1.98. The number of aromatic nitrogens is 4. The van der Waals surface area contributed by atoms with E-state index in [1.807, 2.05) is 61.5 Å². The standard InChI is InChI=1S/C17H17N5O/c1-12-6-5-9-14(10-12)18-17(23)15(16-19-21-22-20-16)11-13-7-3-2-4-8-13/h2-10,15H,11H2,1H3,(H,18,23)(H,19,20,21,22). The molecule has 3 aromatic rings. The Kier molecular flexibility index (Phi) is 4.42. The molecular formula is C17H17N5O. The summed E-state index contributed by atoms with van der Waals surface area (Å²) in [5, 5.41) is 16.9. The van der Waals surface area contributed by atoms with E-state index < -0.39 is 5.92 Å². The van der Waals surface area contributed by atoms with Crippen molar-refractivity contribution in [2.45, 2.75) is 19.3 Å². The second-order valence-electron chi connectivity index (χ2n) is 5.37. The first-order valence-corrected chi connectivity index (χ1v) is 7.37. The molecule has 0 aliphatic rings. The Labute approximate surface area is 133 Å². The van der Waals surface area contributed by atoms with E-state index in [4.69, 9.17) is 0 Å². The van der Waals surface area contributed by atoms with E-state index in [0.29, 0.717) is 12.2 Å². The molecule has 1 amide bonds. The van der Waals surface area contributed by atoms with Crippen LogP contribution in [0.15, 0.2) is 54.6 Å². The Balaban J connectivity index is 1.82. The van der Waals surface area contributed by atoms with E-state index >= 15 is 0 Å². The molecule has 0 saturated carbocycles. The fraction of sp³-hybridized carbons (Fsp3) is 0.176. The van der Waals surface area contributed by atoms with Gasteiger partial charge in [-0.1, -0.05) is 47.7 Å². The minimum Gasteiger partial charge on any atom is -0.325 e. The van der Waals surface area contributed by atoms with Gasteiger partial charge in [0.2, 0.25) is 5.91 Å². The Bertz CT molecular complexity index is 771. The van der Waals surface area contributed by atoms with Crippen molar-refractivity contribution < 1.29 is 4.79 Å². The Hall–Kier alpha value is -3.02. The largest absolute Gasteiger partial charge is 0.325 e. The van der Waals surface area contributed by atoms with Gasteiger partial charge in [0, 0.05) is 5.69 Å². The number of hydrogen-bond donors (Lipinski definition) is 2.